The topological polar surface area (TPSA) is 45.0 Å². The largest absolute Gasteiger partial charge is 0.380 e. The Balaban J connectivity index is 1.81. The molecule has 2 aliphatic rings. The van der Waals surface area contributed by atoms with Gasteiger partial charge in [-0.25, -0.2) is 0 Å². The van der Waals surface area contributed by atoms with Crippen LogP contribution in [0.3, 0.4) is 0 Å². The van der Waals surface area contributed by atoms with Crippen LogP contribution in [0.2, 0.25) is 5.02 Å². The summed E-state index contributed by atoms with van der Waals surface area (Å²) in [5.74, 6) is 0.571. The normalized spacial score (nSPS) is 31.2. The molecule has 19 heavy (non-hydrogen) atoms. The van der Waals surface area contributed by atoms with E-state index in [1.165, 1.54) is 0 Å². The molecular weight excluding hydrogens is 260 g/mol. The lowest BCUT2D eigenvalue weighted by atomic mass is 9.57. The number of nitrogens with zero attached hydrogens (tertiary/aromatic N) is 1. The summed E-state index contributed by atoms with van der Waals surface area (Å²) in [5.41, 5.74) is 1.62. The molecule has 0 spiro atoms. The average molecular weight is 277 g/mol. The fourth-order valence-electron chi connectivity index (χ4n) is 3.49. The van der Waals surface area contributed by atoms with Crippen molar-refractivity contribution in [1.82, 2.24) is 0 Å². The second-order valence-corrected chi connectivity index (χ2v) is 6.40. The Morgan fingerprint density at radius 2 is 2.26 bits per heavy atom. The lowest BCUT2D eigenvalue weighted by molar-refractivity contribution is -0.0923. The molecule has 1 aliphatic heterocycles. The molecule has 1 N–H and O–H groups in total. The van der Waals surface area contributed by atoms with Crippen molar-refractivity contribution in [3.63, 3.8) is 0 Å². The van der Waals surface area contributed by atoms with E-state index in [2.05, 4.69) is 25.2 Å². The summed E-state index contributed by atoms with van der Waals surface area (Å²) in [7, 11) is 0. The van der Waals surface area contributed by atoms with Crippen LogP contribution in [-0.2, 0) is 4.74 Å². The van der Waals surface area contributed by atoms with Gasteiger partial charge in [0, 0.05) is 24.0 Å². The molecule has 3 rings (SSSR count). The summed E-state index contributed by atoms with van der Waals surface area (Å²) >= 11 is 6.22. The Kier molecular flexibility index (Phi) is 2.96. The summed E-state index contributed by atoms with van der Waals surface area (Å²) < 4.78 is 5.79. The van der Waals surface area contributed by atoms with Crippen LogP contribution < -0.4 is 5.32 Å². The molecule has 2 fully saturated rings. The van der Waals surface area contributed by atoms with E-state index in [1.54, 1.807) is 12.1 Å². The minimum atomic E-state index is 0.123. The molecule has 1 aromatic carbocycles. The van der Waals surface area contributed by atoms with E-state index in [0.717, 1.165) is 18.7 Å². The minimum Gasteiger partial charge on any atom is -0.380 e. The molecule has 0 bridgehead atoms. The fourth-order valence-corrected chi connectivity index (χ4v) is 3.72. The van der Waals surface area contributed by atoms with Crippen molar-refractivity contribution in [1.29, 1.82) is 5.26 Å². The molecule has 1 aromatic rings. The van der Waals surface area contributed by atoms with Crippen LogP contribution in [0.4, 0.5) is 5.69 Å². The van der Waals surface area contributed by atoms with Crippen molar-refractivity contribution >= 4 is 17.3 Å². The number of rotatable bonds is 2. The van der Waals surface area contributed by atoms with Crippen molar-refractivity contribution in [2.24, 2.45) is 11.3 Å². The number of fused-ring (bicyclic) bond motifs is 1. The number of hydrogen-bond acceptors (Lipinski definition) is 3. The van der Waals surface area contributed by atoms with Gasteiger partial charge in [-0.3, -0.25) is 0 Å². The number of nitriles is 1. The molecule has 1 saturated carbocycles. The number of ether oxygens (including phenoxy) is 1. The molecule has 1 heterocycles. The fraction of sp³-hybridized carbons (Fsp3) is 0.533. The Bertz CT molecular complexity index is 550. The Morgan fingerprint density at radius 3 is 2.95 bits per heavy atom. The molecule has 0 radical (unpaired) electrons. The second-order valence-electron chi connectivity index (χ2n) is 5.99. The van der Waals surface area contributed by atoms with Gasteiger partial charge in [0.2, 0.25) is 0 Å². The van der Waals surface area contributed by atoms with Gasteiger partial charge in [0.15, 0.2) is 0 Å². The lowest BCUT2D eigenvalue weighted by Crippen LogP contribution is -2.63. The van der Waals surface area contributed by atoms with Gasteiger partial charge in [0.25, 0.3) is 0 Å². The third-order valence-corrected chi connectivity index (χ3v) is 4.82. The summed E-state index contributed by atoms with van der Waals surface area (Å²) in [6.45, 7) is 5.32. The van der Waals surface area contributed by atoms with Crippen LogP contribution in [-0.4, -0.2) is 18.8 Å². The zero-order valence-corrected chi connectivity index (χ0v) is 11.9. The third-order valence-electron chi connectivity index (χ3n) is 4.51. The van der Waals surface area contributed by atoms with Crippen LogP contribution >= 0.6 is 11.6 Å². The van der Waals surface area contributed by atoms with E-state index >= 15 is 0 Å². The Morgan fingerprint density at radius 1 is 1.47 bits per heavy atom. The maximum Gasteiger partial charge on any atom is 0.0992 e. The SMILES string of the molecule is CC1(C)C(Nc2ccc(C#N)cc2Cl)C2CCOC21. The maximum absolute atomic E-state index is 8.85. The van der Waals surface area contributed by atoms with Gasteiger partial charge in [0.1, 0.15) is 0 Å². The second kappa shape index (κ2) is 4.40. The zero-order valence-electron chi connectivity index (χ0n) is 11.1. The standard InChI is InChI=1S/C15H17ClN2O/c1-15(2)13(10-5-6-19-14(10)15)18-12-4-3-9(8-17)7-11(12)16/h3-4,7,10,13-14,18H,5-6H2,1-2H3. The zero-order chi connectivity index (χ0) is 13.6. The first-order valence-corrected chi connectivity index (χ1v) is 6.99. The van der Waals surface area contributed by atoms with Crippen molar-refractivity contribution in [2.75, 3.05) is 11.9 Å². The molecule has 0 aromatic heterocycles. The quantitative estimate of drug-likeness (QED) is 0.900. The van der Waals surface area contributed by atoms with Gasteiger partial charge >= 0.3 is 0 Å². The first-order valence-electron chi connectivity index (χ1n) is 6.62. The van der Waals surface area contributed by atoms with Gasteiger partial charge in [0.05, 0.1) is 28.4 Å². The van der Waals surface area contributed by atoms with E-state index < -0.39 is 0 Å². The summed E-state index contributed by atoms with van der Waals surface area (Å²) in [6, 6.07) is 7.87. The summed E-state index contributed by atoms with van der Waals surface area (Å²) in [4.78, 5) is 0. The predicted molar refractivity (Wildman–Crippen MR) is 75.2 cm³/mol. The monoisotopic (exact) mass is 276 g/mol. The molecular formula is C15H17ClN2O. The highest BCUT2D eigenvalue weighted by Crippen LogP contribution is 2.53. The van der Waals surface area contributed by atoms with Crippen molar-refractivity contribution in [2.45, 2.75) is 32.4 Å². The maximum atomic E-state index is 8.85. The molecule has 0 amide bonds. The smallest absolute Gasteiger partial charge is 0.0992 e. The van der Waals surface area contributed by atoms with E-state index in [-0.39, 0.29) is 5.41 Å². The highest BCUT2D eigenvalue weighted by atomic mass is 35.5. The van der Waals surface area contributed by atoms with E-state index in [4.69, 9.17) is 21.6 Å². The van der Waals surface area contributed by atoms with Crippen molar-refractivity contribution < 1.29 is 4.74 Å². The number of hydrogen-bond donors (Lipinski definition) is 1. The van der Waals surface area contributed by atoms with Crippen LogP contribution in [0.25, 0.3) is 0 Å². The van der Waals surface area contributed by atoms with Crippen LogP contribution in [0.5, 0.6) is 0 Å². The predicted octanol–water partition coefficient (Wildman–Crippen LogP) is 3.44. The van der Waals surface area contributed by atoms with Gasteiger partial charge < -0.3 is 10.1 Å². The summed E-state index contributed by atoms with van der Waals surface area (Å²) in [5, 5.41) is 13.0. The highest BCUT2D eigenvalue weighted by Gasteiger charge is 2.59. The van der Waals surface area contributed by atoms with E-state index in [1.807, 2.05) is 6.07 Å². The molecule has 100 valence electrons. The molecule has 3 unspecified atom stereocenters. The first kappa shape index (κ1) is 12.8. The number of anilines is 1. The number of benzene rings is 1. The minimum absolute atomic E-state index is 0.123. The van der Waals surface area contributed by atoms with Crippen molar-refractivity contribution in [3.05, 3.63) is 28.8 Å². The van der Waals surface area contributed by atoms with Crippen molar-refractivity contribution in [3.8, 4) is 6.07 Å². The van der Waals surface area contributed by atoms with Crippen LogP contribution in [0.15, 0.2) is 18.2 Å². The van der Waals surface area contributed by atoms with Gasteiger partial charge in [-0.05, 0) is 24.6 Å². The lowest BCUT2D eigenvalue weighted by Gasteiger charge is -2.55. The molecule has 3 atom stereocenters. The van der Waals surface area contributed by atoms with Gasteiger partial charge in [-0.15, -0.1) is 0 Å². The Hall–Kier alpha value is -1.24. The first-order chi connectivity index (χ1) is 9.04. The molecule has 1 aliphatic carbocycles. The van der Waals surface area contributed by atoms with E-state index in [0.29, 0.717) is 28.6 Å². The molecule has 1 saturated heterocycles. The van der Waals surface area contributed by atoms with Crippen LogP contribution in [0, 0.1) is 22.7 Å². The van der Waals surface area contributed by atoms with Gasteiger partial charge in [-0.2, -0.15) is 5.26 Å². The van der Waals surface area contributed by atoms with E-state index in [9.17, 15) is 0 Å². The summed E-state index contributed by atoms with van der Waals surface area (Å²) in [6.07, 6.45) is 1.47. The molecule has 4 heteroatoms. The highest BCUT2D eigenvalue weighted by molar-refractivity contribution is 6.33. The molecule has 3 nitrogen and oxygen atoms in total. The Labute approximate surface area is 118 Å². The number of halogens is 1. The number of nitrogens with one attached hydrogen (secondary N) is 1. The van der Waals surface area contributed by atoms with Gasteiger partial charge in [-0.1, -0.05) is 25.4 Å². The average Bonchev–Trinajstić information content (AvgIpc) is 2.83. The van der Waals surface area contributed by atoms with Crippen LogP contribution in [0.1, 0.15) is 25.8 Å². The third kappa shape index (κ3) is 1.91.